The highest BCUT2D eigenvalue weighted by molar-refractivity contribution is 7.07. The van der Waals surface area contributed by atoms with Crippen LogP contribution in [-0.2, 0) is 11.2 Å². The van der Waals surface area contributed by atoms with E-state index in [2.05, 4.69) is 10.3 Å². The van der Waals surface area contributed by atoms with E-state index < -0.39 is 5.97 Å². The fourth-order valence-electron chi connectivity index (χ4n) is 1.78. The number of nitrogens with one attached hydrogen (secondary N) is 1. The maximum Gasteiger partial charge on any atom is 0.317 e. The number of rotatable bonds is 7. The standard InChI is InChI=1S/C12H19N3O3S/c1-3-15(9(2)6-11(16)17)12(18)13-5-4-10-7-19-8-14-10/h7-9H,3-6H2,1-2H3,(H,13,18)(H,16,17). The third kappa shape index (κ3) is 5.25. The van der Waals surface area contributed by atoms with Crippen LogP contribution in [0.1, 0.15) is 26.0 Å². The van der Waals surface area contributed by atoms with E-state index in [0.717, 1.165) is 5.69 Å². The predicted molar refractivity (Wildman–Crippen MR) is 73.3 cm³/mol. The summed E-state index contributed by atoms with van der Waals surface area (Å²) in [6, 6.07) is -0.548. The Morgan fingerprint density at radius 2 is 2.32 bits per heavy atom. The molecule has 19 heavy (non-hydrogen) atoms. The van der Waals surface area contributed by atoms with Crippen LogP contribution in [0.15, 0.2) is 10.9 Å². The van der Waals surface area contributed by atoms with Gasteiger partial charge in [0.05, 0.1) is 17.6 Å². The molecule has 0 aliphatic carbocycles. The second kappa shape index (κ2) is 7.73. The van der Waals surface area contributed by atoms with Gasteiger partial charge in [0.1, 0.15) is 0 Å². The zero-order valence-electron chi connectivity index (χ0n) is 11.1. The van der Waals surface area contributed by atoms with E-state index in [-0.39, 0.29) is 18.5 Å². The third-order valence-electron chi connectivity index (χ3n) is 2.74. The summed E-state index contributed by atoms with van der Waals surface area (Å²) >= 11 is 1.52. The molecule has 0 aromatic carbocycles. The molecule has 0 radical (unpaired) electrons. The Labute approximate surface area is 116 Å². The van der Waals surface area contributed by atoms with Crippen molar-refractivity contribution >= 4 is 23.3 Å². The van der Waals surface area contributed by atoms with Crippen LogP contribution in [0.4, 0.5) is 4.79 Å². The van der Waals surface area contributed by atoms with Gasteiger partial charge in [0.2, 0.25) is 0 Å². The van der Waals surface area contributed by atoms with Crippen LogP contribution >= 0.6 is 11.3 Å². The van der Waals surface area contributed by atoms with Crippen molar-refractivity contribution in [2.75, 3.05) is 13.1 Å². The van der Waals surface area contributed by atoms with E-state index >= 15 is 0 Å². The molecule has 1 aromatic heterocycles. The van der Waals surface area contributed by atoms with Crippen molar-refractivity contribution in [3.8, 4) is 0 Å². The van der Waals surface area contributed by atoms with Gasteiger partial charge in [-0.15, -0.1) is 11.3 Å². The van der Waals surface area contributed by atoms with E-state index in [9.17, 15) is 9.59 Å². The molecule has 0 spiro atoms. The lowest BCUT2D eigenvalue weighted by Crippen LogP contribution is -2.46. The fraction of sp³-hybridized carbons (Fsp3) is 0.583. The van der Waals surface area contributed by atoms with Crippen molar-refractivity contribution in [2.45, 2.75) is 32.7 Å². The Balaban J connectivity index is 2.38. The molecule has 106 valence electrons. The average molecular weight is 285 g/mol. The number of carboxylic acids is 1. The number of aromatic nitrogens is 1. The van der Waals surface area contributed by atoms with Gasteiger partial charge in [-0.1, -0.05) is 0 Å². The second-order valence-electron chi connectivity index (χ2n) is 4.19. The van der Waals surface area contributed by atoms with Crippen molar-refractivity contribution in [2.24, 2.45) is 0 Å². The topological polar surface area (TPSA) is 82.5 Å². The Kier molecular flexibility index (Phi) is 6.27. The summed E-state index contributed by atoms with van der Waals surface area (Å²) in [5, 5.41) is 13.5. The number of carboxylic acid groups (broad SMARTS) is 1. The molecule has 0 saturated heterocycles. The maximum atomic E-state index is 11.9. The highest BCUT2D eigenvalue weighted by atomic mass is 32.1. The predicted octanol–water partition coefficient (Wildman–Crippen LogP) is 1.58. The quantitative estimate of drug-likeness (QED) is 0.797. The van der Waals surface area contributed by atoms with Gasteiger partial charge in [0.25, 0.3) is 0 Å². The molecule has 6 nitrogen and oxygen atoms in total. The van der Waals surface area contributed by atoms with E-state index in [1.165, 1.54) is 16.2 Å². The lowest BCUT2D eigenvalue weighted by atomic mass is 10.2. The van der Waals surface area contributed by atoms with Gasteiger partial charge in [-0.3, -0.25) is 4.79 Å². The zero-order chi connectivity index (χ0) is 14.3. The number of carbonyl (C=O) groups is 2. The SMILES string of the molecule is CCN(C(=O)NCCc1cscn1)C(C)CC(=O)O. The summed E-state index contributed by atoms with van der Waals surface area (Å²) in [5.41, 5.74) is 2.71. The molecule has 7 heteroatoms. The smallest absolute Gasteiger partial charge is 0.317 e. The molecule has 0 fully saturated rings. The zero-order valence-corrected chi connectivity index (χ0v) is 11.9. The molecule has 0 aliphatic heterocycles. The van der Waals surface area contributed by atoms with Crippen LogP contribution in [0.5, 0.6) is 0 Å². The van der Waals surface area contributed by atoms with Crippen LogP contribution in [0.3, 0.4) is 0 Å². The van der Waals surface area contributed by atoms with Crippen molar-refractivity contribution in [1.29, 1.82) is 0 Å². The minimum atomic E-state index is -0.902. The highest BCUT2D eigenvalue weighted by Crippen LogP contribution is 2.05. The van der Waals surface area contributed by atoms with Gasteiger partial charge in [-0.05, 0) is 13.8 Å². The third-order valence-corrected chi connectivity index (χ3v) is 3.38. The van der Waals surface area contributed by atoms with Crippen molar-refractivity contribution < 1.29 is 14.7 Å². The Morgan fingerprint density at radius 1 is 1.58 bits per heavy atom. The summed E-state index contributed by atoms with van der Waals surface area (Å²) in [6.45, 7) is 4.55. The van der Waals surface area contributed by atoms with Crippen molar-refractivity contribution in [3.63, 3.8) is 0 Å². The number of carbonyl (C=O) groups excluding carboxylic acids is 1. The average Bonchev–Trinajstić information content (AvgIpc) is 2.82. The molecule has 1 heterocycles. The van der Waals surface area contributed by atoms with Gasteiger partial charge in [-0.25, -0.2) is 9.78 Å². The first kappa shape index (κ1) is 15.4. The van der Waals surface area contributed by atoms with Crippen LogP contribution in [-0.4, -0.2) is 46.1 Å². The number of amides is 2. The van der Waals surface area contributed by atoms with Crippen LogP contribution in [0, 0.1) is 0 Å². The summed E-state index contributed by atoms with van der Waals surface area (Å²) in [4.78, 5) is 28.2. The monoisotopic (exact) mass is 285 g/mol. The first-order valence-electron chi connectivity index (χ1n) is 6.18. The van der Waals surface area contributed by atoms with Crippen LogP contribution in [0.2, 0.25) is 0 Å². The van der Waals surface area contributed by atoms with E-state index in [1.807, 2.05) is 12.3 Å². The van der Waals surface area contributed by atoms with Crippen molar-refractivity contribution in [1.82, 2.24) is 15.2 Å². The lowest BCUT2D eigenvalue weighted by Gasteiger charge is -2.27. The first-order valence-corrected chi connectivity index (χ1v) is 7.12. The van der Waals surface area contributed by atoms with Gasteiger partial charge >= 0.3 is 12.0 Å². The van der Waals surface area contributed by atoms with E-state index in [4.69, 9.17) is 5.11 Å². The number of hydrogen-bond acceptors (Lipinski definition) is 4. The Bertz CT molecular complexity index is 408. The van der Waals surface area contributed by atoms with Crippen LogP contribution in [0.25, 0.3) is 0 Å². The van der Waals surface area contributed by atoms with E-state index in [1.54, 1.807) is 12.4 Å². The molecule has 0 aliphatic rings. The molecule has 0 saturated carbocycles. The summed E-state index contributed by atoms with van der Waals surface area (Å²) in [6.07, 6.45) is 0.632. The number of aliphatic carboxylic acids is 1. The second-order valence-corrected chi connectivity index (χ2v) is 4.91. The summed E-state index contributed by atoms with van der Waals surface area (Å²) in [5.74, 6) is -0.902. The van der Waals surface area contributed by atoms with Crippen LogP contribution < -0.4 is 5.32 Å². The Morgan fingerprint density at radius 3 is 2.84 bits per heavy atom. The molecule has 2 amide bonds. The van der Waals surface area contributed by atoms with Gasteiger partial charge in [-0.2, -0.15) is 0 Å². The molecule has 0 bridgehead atoms. The summed E-state index contributed by atoms with van der Waals surface area (Å²) < 4.78 is 0. The fourth-order valence-corrected chi connectivity index (χ4v) is 2.37. The molecule has 1 unspecified atom stereocenters. The van der Waals surface area contributed by atoms with Crippen molar-refractivity contribution in [3.05, 3.63) is 16.6 Å². The van der Waals surface area contributed by atoms with Gasteiger partial charge < -0.3 is 15.3 Å². The minimum absolute atomic E-state index is 0.0483. The Hall–Kier alpha value is -1.63. The van der Waals surface area contributed by atoms with Gasteiger partial charge in [0, 0.05) is 30.9 Å². The molecule has 1 aromatic rings. The first-order chi connectivity index (χ1) is 9.04. The molecular formula is C12H19N3O3S. The van der Waals surface area contributed by atoms with Gasteiger partial charge in [0.15, 0.2) is 0 Å². The molecule has 1 atom stereocenters. The normalized spacial score (nSPS) is 11.9. The minimum Gasteiger partial charge on any atom is -0.481 e. The summed E-state index contributed by atoms with van der Waals surface area (Å²) in [7, 11) is 0. The highest BCUT2D eigenvalue weighted by Gasteiger charge is 2.20. The molecular weight excluding hydrogens is 266 g/mol. The lowest BCUT2D eigenvalue weighted by molar-refractivity contribution is -0.138. The number of nitrogens with zero attached hydrogens (tertiary/aromatic N) is 2. The van der Waals surface area contributed by atoms with E-state index in [0.29, 0.717) is 19.5 Å². The molecule has 1 rings (SSSR count). The number of urea groups is 1. The largest absolute Gasteiger partial charge is 0.481 e. The maximum absolute atomic E-state index is 11.9. The number of hydrogen-bond donors (Lipinski definition) is 2. The molecule has 2 N–H and O–H groups in total. The number of thiazole rings is 1.